The van der Waals surface area contributed by atoms with Gasteiger partial charge in [0.05, 0.1) is 17.8 Å². The number of carbonyl (C=O) groups excluding carboxylic acids is 1. The molecule has 2 saturated heterocycles. The minimum absolute atomic E-state index is 0.0241. The minimum atomic E-state index is -0.512. The molecule has 194 valence electrons. The van der Waals surface area contributed by atoms with E-state index in [0.29, 0.717) is 11.1 Å². The second-order valence-corrected chi connectivity index (χ2v) is 10.1. The maximum Gasteiger partial charge on any atom is 0.254 e. The Morgan fingerprint density at radius 2 is 1.84 bits per heavy atom. The lowest BCUT2D eigenvalue weighted by molar-refractivity contribution is -0.00546. The van der Waals surface area contributed by atoms with Gasteiger partial charge in [0.15, 0.2) is 0 Å². The molecule has 5 rings (SSSR count). The number of pyridine rings is 2. The smallest absolute Gasteiger partial charge is 0.254 e. The zero-order valence-corrected chi connectivity index (χ0v) is 21.4. The van der Waals surface area contributed by atoms with E-state index in [1.165, 1.54) is 11.6 Å². The summed E-state index contributed by atoms with van der Waals surface area (Å²) in [7, 11) is 0. The largest absolute Gasteiger partial charge is 0.372 e. The van der Waals surface area contributed by atoms with Gasteiger partial charge in [-0.3, -0.25) is 14.7 Å². The van der Waals surface area contributed by atoms with E-state index in [2.05, 4.69) is 46.1 Å². The third kappa shape index (κ3) is 6.14. The number of aromatic nitrogens is 2. The van der Waals surface area contributed by atoms with Crippen molar-refractivity contribution in [2.45, 2.75) is 51.5 Å². The molecule has 2 fully saturated rings. The van der Waals surface area contributed by atoms with Crippen LogP contribution in [0.2, 0.25) is 0 Å². The van der Waals surface area contributed by atoms with Crippen LogP contribution in [0.25, 0.3) is 11.1 Å². The highest BCUT2D eigenvalue weighted by atomic mass is 19.1. The van der Waals surface area contributed by atoms with Crippen LogP contribution in [-0.2, 0) is 11.3 Å². The monoisotopic (exact) mass is 503 g/mol. The van der Waals surface area contributed by atoms with Crippen molar-refractivity contribution < 1.29 is 13.9 Å². The van der Waals surface area contributed by atoms with Crippen molar-refractivity contribution in [2.75, 3.05) is 31.1 Å². The van der Waals surface area contributed by atoms with Gasteiger partial charge >= 0.3 is 0 Å². The molecule has 2 aliphatic heterocycles. The van der Waals surface area contributed by atoms with Gasteiger partial charge in [0.25, 0.3) is 5.91 Å². The first-order chi connectivity index (χ1) is 18.0. The van der Waals surface area contributed by atoms with Gasteiger partial charge in [-0.1, -0.05) is 24.3 Å². The van der Waals surface area contributed by atoms with E-state index in [1.807, 2.05) is 6.20 Å². The normalized spacial score (nSPS) is 21.1. The molecule has 2 unspecified atom stereocenters. The summed E-state index contributed by atoms with van der Waals surface area (Å²) in [5.41, 5.74) is 2.28. The fourth-order valence-corrected chi connectivity index (χ4v) is 5.27. The third-order valence-electron chi connectivity index (χ3n) is 7.10. The van der Waals surface area contributed by atoms with Gasteiger partial charge in [0.2, 0.25) is 0 Å². The molecule has 3 aromatic rings. The quantitative estimate of drug-likeness (QED) is 0.541. The molecule has 1 N–H and O–H groups in total. The van der Waals surface area contributed by atoms with Crippen molar-refractivity contribution >= 4 is 11.7 Å². The molecule has 2 aliphatic rings. The van der Waals surface area contributed by atoms with E-state index in [4.69, 9.17) is 9.72 Å². The van der Waals surface area contributed by atoms with Crippen LogP contribution in [0.3, 0.4) is 0 Å². The lowest BCUT2D eigenvalue weighted by Gasteiger charge is -2.36. The second kappa shape index (κ2) is 11.4. The zero-order chi connectivity index (χ0) is 25.8. The van der Waals surface area contributed by atoms with Crippen molar-refractivity contribution in [3.05, 3.63) is 78.0 Å². The molecular weight excluding hydrogens is 469 g/mol. The van der Waals surface area contributed by atoms with Gasteiger partial charge < -0.3 is 15.0 Å². The summed E-state index contributed by atoms with van der Waals surface area (Å²) in [6.07, 6.45) is 7.26. The van der Waals surface area contributed by atoms with Crippen LogP contribution in [-0.4, -0.2) is 65.2 Å². The summed E-state index contributed by atoms with van der Waals surface area (Å²) in [4.78, 5) is 26.3. The number of anilines is 1. The van der Waals surface area contributed by atoms with Crippen molar-refractivity contribution in [2.24, 2.45) is 0 Å². The van der Waals surface area contributed by atoms with Gasteiger partial charge in [-0.15, -0.1) is 0 Å². The molecule has 2 aromatic heterocycles. The predicted octanol–water partition coefficient (Wildman–Crippen LogP) is 4.29. The number of hydrogen-bond donors (Lipinski definition) is 1. The zero-order valence-electron chi connectivity index (χ0n) is 21.4. The fraction of sp³-hybridized carbons (Fsp3) is 0.414. The standard InChI is InChI=1S/C29H34FN5O2/c1-20-17-35(18-21(2)37-20)27-9-8-22(15-32-27)19-34-13-10-24(11-14-34)33-29(36)26-7-3-6-25(28(26)30)23-5-4-12-31-16-23/h3-9,12,15-16,20-21,24H,10-11,13-14,17-19H2,1-2H3,(H,33,36). The molecule has 8 heteroatoms. The number of amides is 1. The summed E-state index contributed by atoms with van der Waals surface area (Å²) in [6, 6.07) is 12.7. The maximum absolute atomic E-state index is 15.1. The Hall–Kier alpha value is -3.36. The molecule has 0 spiro atoms. The number of hydrogen-bond acceptors (Lipinski definition) is 6. The molecule has 0 aliphatic carbocycles. The molecule has 1 aromatic carbocycles. The summed E-state index contributed by atoms with van der Waals surface area (Å²) in [5.74, 6) is 0.114. The van der Waals surface area contributed by atoms with Crippen molar-refractivity contribution in [3.63, 3.8) is 0 Å². The predicted molar refractivity (Wildman–Crippen MR) is 142 cm³/mol. The summed E-state index contributed by atoms with van der Waals surface area (Å²) < 4.78 is 21.0. The molecule has 0 bridgehead atoms. The maximum atomic E-state index is 15.1. The van der Waals surface area contributed by atoms with Gasteiger partial charge in [-0.05, 0) is 50.5 Å². The minimum Gasteiger partial charge on any atom is -0.372 e. The topological polar surface area (TPSA) is 70.6 Å². The lowest BCUT2D eigenvalue weighted by Crippen LogP contribution is -2.45. The van der Waals surface area contributed by atoms with Gasteiger partial charge in [0.1, 0.15) is 11.6 Å². The summed E-state index contributed by atoms with van der Waals surface area (Å²) >= 11 is 0. The number of benzene rings is 1. The highest BCUT2D eigenvalue weighted by Crippen LogP contribution is 2.25. The first-order valence-corrected chi connectivity index (χ1v) is 13.0. The van der Waals surface area contributed by atoms with E-state index in [1.54, 1.807) is 36.7 Å². The van der Waals surface area contributed by atoms with Crippen LogP contribution in [0.5, 0.6) is 0 Å². The van der Waals surface area contributed by atoms with Crippen LogP contribution < -0.4 is 10.2 Å². The fourth-order valence-electron chi connectivity index (χ4n) is 5.27. The number of halogens is 1. The van der Waals surface area contributed by atoms with Crippen LogP contribution in [0.4, 0.5) is 10.2 Å². The molecule has 1 amide bonds. The molecule has 0 saturated carbocycles. The highest BCUT2D eigenvalue weighted by Gasteiger charge is 2.25. The third-order valence-corrected chi connectivity index (χ3v) is 7.10. The van der Waals surface area contributed by atoms with Crippen LogP contribution >= 0.6 is 0 Å². The Labute approximate surface area is 217 Å². The average molecular weight is 504 g/mol. The number of rotatable bonds is 6. The van der Waals surface area contributed by atoms with E-state index in [-0.39, 0.29) is 29.7 Å². The second-order valence-electron chi connectivity index (χ2n) is 10.1. The van der Waals surface area contributed by atoms with Gasteiger partial charge in [0, 0.05) is 68.5 Å². The van der Waals surface area contributed by atoms with Gasteiger partial charge in [-0.25, -0.2) is 9.37 Å². The SMILES string of the molecule is CC1CN(c2ccc(CN3CCC(NC(=O)c4cccc(-c5cccnc5)c4F)CC3)cn2)CC(C)O1. The van der Waals surface area contributed by atoms with Crippen molar-refractivity contribution in [1.29, 1.82) is 0 Å². The highest BCUT2D eigenvalue weighted by molar-refractivity contribution is 5.96. The number of likely N-dealkylation sites (tertiary alicyclic amines) is 1. The average Bonchev–Trinajstić information content (AvgIpc) is 2.90. The summed E-state index contributed by atoms with van der Waals surface area (Å²) in [5, 5.41) is 3.04. The molecular formula is C29H34FN5O2. The first-order valence-electron chi connectivity index (χ1n) is 13.0. The Kier molecular flexibility index (Phi) is 7.76. The van der Waals surface area contributed by atoms with Crippen LogP contribution in [0.1, 0.15) is 42.6 Å². The van der Waals surface area contributed by atoms with Gasteiger partial charge in [-0.2, -0.15) is 0 Å². The molecule has 7 nitrogen and oxygen atoms in total. The summed E-state index contributed by atoms with van der Waals surface area (Å²) in [6.45, 7) is 8.46. The van der Waals surface area contributed by atoms with Crippen molar-refractivity contribution in [3.8, 4) is 11.1 Å². The molecule has 0 radical (unpaired) electrons. The molecule has 4 heterocycles. The van der Waals surface area contributed by atoms with E-state index in [0.717, 1.165) is 51.4 Å². The lowest BCUT2D eigenvalue weighted by atomic mass is 10.0. The number of morpholine rings is 1. The Balaban J connectivity index is 1.13. The number of piperidine rings is 1. The number of nitrogens with zero attached hydrogens (tertiary/aromatic N) is 4. The molecule has 2 atom stereocenters. The van der Waals surface area contributed by atoms with E-state index < -0.39 is 5.82 Å². The Bertz CT molecular complexity index is 1190. The Morgan fingerprint density at radius 3 is 2.51 bits per heavy atom. The number of nitrogens with one attached hydrogen (secondary N) is 1. The van der Waals surface area contributed by atoms with Crippen LogP contribution in [0.15, 0.2) is 61.1 Å². The van der Waals surface area contributed by atoms with E-state index >= 15 is 4.39 Å². The Morgan fingerprint density at radius 1 is 1.05 bits per heavy atom. The molecule has 37 heavy (non-hydrogen) atoms. The van der Waals surface area contributed by atoms with E-state index in [9.17, 15) is 4.79 Å². The number of carbonyl (C=O) groups is 1. The van der Waals surface area contributed by atoms with Crippen molar-refractivity contribution in [1.82, 2.24) is 20.2 Å². The van der Waals surface area contributed by atoms with Crippen LogP contribution in [0, 0.1) is 5.82 Å². The first kappa shape index (κ1) is 25.3. The number of ether oxygens (including phenoxy) is 1.